The van der Waals surface area contributed by atoms with Crippen LogP contribution >= 0.6 is 0 Å². The summed E-state index contributed by atoms with van der Waals surface area (Å²) in [6.07, 6.45) is 3.33. The third-order valence-corrected chi connectivity index (χ3v) is 3.53. The molecule has 4 rings (SSSR count). The zero-order valence-electron chi connectivity index (χ0n) is 11.0. The van der Waals surface area contributed by atoms with Gasteiger partial charge in [-0.25, -0.2) is 15.1 Å². The molecule has 0 saturated carbocycles. The summed E-state index contributed by atoms with van der Waals surface area (Å²) in [6, 6.07) is 7.20. The van der Waals surface area contributed by atoms with E-state index in [4.69, 9.17) is 0 Å². The zero-order chi connectivity index (χ0) is 14.6. The molecule has 0 amide bonds. The van der Waals surface area contributed by atoms with E-state index < -0.39 is 5.03 Å². The fourth-order valence-corrected chi connectivity index (χ4v) is 2.72. The first-order chi connectivity index (χ1) is 10.2. The number of hydrogen-bond acceptors (Lipinski definition) is 5. The standard InChI is InChI=1S/C14H9N5O2/c1-8-17-13-9-4-2-6-15-11(9)12-10(5-3-7-16-12)14(13)18(8)19(20)21/h2-7H,1H3. The van der Waals surface area contributed by atoms with Gasteiger partial charge in [0.15, 0.2) is 10.9 Å². The Balaban J connectivity index is 2.43. The van der Waals surface area contributed by atoms with Gasteiger partial charge in [0.25, 0.3) is 0 Å². The van der Waals surface area contributed by atoms with Gasteiger partial charge >= 0.3 is 0 Å². The molecule has 7 heteroatoms. The maximum Gasteiger partial charge on any atom is 0.173 e. The van der Waals surface area contributed by atoms with E-state index in [0.29, 0.717) is 33.3 Å². The van der Waals surface area contributed by atoms with E-state index in [0.717, 1.165) is 10.1 Å². The molecule has 0 aliphatic heterocycles. The van der Waals surface area contributed by atoms with Crippen molar-refractivity contribution in [2.24, 2.45) is 0 Å². The lowest BCUT2D eigenvalue weighted by Gasteiger charge is -2.04. The number of fused-ring (bicyclic) bond motifs is 6. The van der Waals surface area contributed by atoms with Gasteiger partial charge in [-0.15, -0.1) is 0 Å². The summed E-state index contributed by atoms with van der Waals surface area (Å²) in [5.74, 6) is 0.330. The third kappa shape index (κ3) is 1.45. The van der Waals surface area contributed by atoms with Crippen molar-refractivity contribution in [1.82, 2.24) is 19.6 Å². The number of pyridine rings is 2. The molecule has 0 atom stereocenters. The first-order valence-electron chi connectivity index (χ1n) is 6.33. The highest BCUT2D eigenvalue weighted by molar-refractivity contribution is 6.20. The molecule has 3 aromatic heterocycles. The molecule has 4 aromatic rings. The van der Waals surface area contributed by atoms with E-state index in [2.05, 4.69) is 15.0 Å². The Labute approximate surface area is 118 Å². The lowest BCUT2D eigenvalue weighted by Crippen LogP contribution is -2.10. The van der Waals surface area contributed by atoms with Crippen molar-refractivity contribution in [3.8, 4) is 0 Å². The number of aromatic nitrogens is 4. The van der Waals surface area contributed by atoms with Gasteiger partial charge in [0.05, 0.1) is 11.0 Å². The molecular formula is C14H9N5O2. The molecule has 21 heavy (non-hydrogen) atoms. The summed E-state index contributed by atoms with van der Waals surface area (Å²) >= 11 is 0. The Morgan fingerprint density at radius 2 is 1.67 bits per heavy atom. The maximum absolute atomic E-state index is 11.4. The van der Waals surface area contributed by atoms with Crippen LogP contribution in [0.4, 0.5) is 0 Å². The molecule has 0 saturated heterocycles. The van der Waals surface area contributed by atoms with Crippen molar-refractivity contribution < 1.29 is 5.03 Å². The van der Waals surface area contributed by atoms with Gasteiger partial charge in [0.1, 0.15) is 11.0 Å². The van der Waals surface area contributed by atoms with Gasteiger partial charge in [-0.2, -0.15) is 0 Å². The quantitative estimate of drug-likeness (QED) is 0.303. The molecule has 1 aromatic carbocycles. The van der Waals surface area contributed by atoms with Crippen molar-refractivity contribution in [1.29, 1.82) is 0 Å². The smallest absolute Gasteiger partial charge is 0.173 e. The second kappa shape index (κ2) is 3.95. The van der Waals surface area contributed by atoms with Crippen LogP contribution in [0.5, 0.6) is 0 Å². The highest BCUT2D eigenvalue weighted by atomic mass is 16.7. The SMILES string of the molecule is Cc1nc2c3cccnc3c3ncccc3c2n1[N+](=O)[O-]. The van der Waals surface area contributed by atoms with E-state index in [1.807, 2.05) is 6.07 Å². The minimum atomic E-state index is -0.459. The molecule has 0 radical (unpaired) electrons. The van der Waals surface area contributed by atoms with E-state index in [1.54, 1.807) is 37.5 Å². The lowest BCUT2D eigenvalue weighted by atomic mass is 10.1. The van der Waals surface area contributed by atoms with Crippen molar-refractivity contribution in [2.75, 3.05) is 0 Å². The molecule has 0 aliphatic carbocycles. The van der Waals surface area contributed by atoms with Gasteiger partial charge in [-0.1, -0.05) is 0 Å². The third-order valence-electron chi connectivity index (χ3n) is 3.53. The van der Waals surface area contributed by atoms with Crippen molar-refractivity contribution >= 4 is 32.8 Å². The van der Waals surface area contributed by atoms with E-state index in [9.17, 15) is 10.1 Å². The molecule has 0 unspecified atom stereocenters. The molecule has 102 valence electrons. The summed E-state index contributed by atoms with van der Waals surface area (Å²) in [4.78, 5) is 24.4. The minimum absolute atomic E-state index is 0.330. The zero-order valence-corrected chi connectivity index (χ0v) is 11.0. The lowest BCUT2D eigenvalue weighted by molar-refractivity contribution is -0.539. The molecule has 0 aliphatic rings. The molecule has 3 heterocycles. The number of hydrogen-bond donors (Lipinski definition) is 0. The Bertz CT molecular complexity index is 1040. The van der Waals surface area contributed by atoms with Crippen LogP contribution in [0.2, 0.25) is 0 Å². The van der Waals surface area contributed by atoms with Crippen LogP contribution in [0.1, 0.15) is 5.82 Å². The molecule has 0 fully saturated rings. The Hall–Kier alpha value is -3.09. The van der Waals surface area contributed by atoms with Crippen LogP contribution in [0.15, 0.2) is 36.7 Å². The Morgan fingerprint density at radius 3 is 2.33 bits per heavy atom. The fourth-order valence-electron chi connectivity index (χ4n) is 2.72. The number of aryl methyl sites for hydroxylation is 1. The van der Waals surface area contributed by atoms with Crippen LogP contribution in [0.3, 0.4) is 0 Å². The molecule has 0 bridgehead atoms. The highest BCUT2D eigenvalue weighted by Gasteiger charge is 2.22. The number of rotatable bonds is 1. The van der Waals surface area contributed by atoms with Crippen LogP contribution in [-0.2, 0) is 0 Å². The minimum Gasteiger partial charge on any atom is -0.254 e. The fraction of sp³-hybridized carbons (Fsp3) is 0.0714. The normalized spacial score (nSPS) is 11.5. The predicted octanol–water partition coefficient (Wildman–Crippen LogP) is 2.48. The Kier molecular flexibility index (Phi) is 2.20. The number of nitro groups is 1. The molecule has 7 nitrogen and oxygen atoms in total. The van der Waals surface area contributed by atoms with Gasteiger partial charge in [0, 0.05) is 30.1 Å². The number of nitrogens with zero attached hydrogens (tertiary/aromatic N) is 5. The van der Waals surface area contributed by atoms with Crippen molar-refractivity contribution in [3.63, 3.8) is 0 Å². The van der Waals surface area contributed by atoms with Crippen LogP contribution < -0.4 is 0 Å². The van der Waals surface area contributed by atoms with Gasteiger partial charge in [-0.05, 0) is 28.9 Å². The first kappa shape index (κ1) is 11.7. The summed E-state index contributed by atoms with van der Waals surface area (Å²) in [5.41, 5.74) is 2.38. The second-order valence-corrected chi connectivity index (χ2v) is 4.71. The van der Waals surface area contributed by atoms with E-state index >= 15 is 0 Å². The van der Waals surface area contributed by atoms with E-state index in [1.165, 1.54) is 0 Å². The predicted molar refractivity (Wildman–Crippen MR) is 77.5 cm³/mol. The largest absolute Gasteiger partial charge is 0.254 e. The number of benzene rings is 1. The topological polar surface area (TPSA) is 86.7 Å². The summed E-state index contributed by atoms with van der Waals surface area (Å²) in [6.45, 7) is 1.62. The summed E-state index contributed by atoms with van der Waals surface area (Å²) in [7, 11) is 0. The average Bonchev–Trinajstić information content (AvgIpc) is 2.85. The maximum atomic E-state index is 11.4. The Morgan fingerprint density at radius 1 is 1.05 bits per heavy atom. The summed E-state index contributed by atoms with van der Waals surface area (Å²) < 4.78 is 1.01. The first-order valence-corrected chi connectivity index (χ1v) is 6.33. The van der Waals surface area contributed by atoms with Crippen LogP contribution in [0, 0.1) is 17.0 Å². The summed E-state index contributed by atoms with van der Waals surface area (Å²) in [5, 5.41) is 12.4. The van der Waals surface area contributed by atoms with Crippen LogP contribution in [-0.4, -0.2) is 24.7 Å². The highest BCUT2D eigenvalue weighted by Crippen LogP contribution is 2.32. The van der Waals surface area contributed by atoms with Gasteiger partial charge in [0.2, 0.25) is 0 Å². The van der Waals surface area contributed by atoms with Crippen LogP contribution in [0.25, 0.3) is 32.8 Å². The van der Waals surface area contributed by atoms with Crippen molar-refractivity contribution in [2.45, 2.75) is 6.92 Å². The molecule has 0 N–H and O–H groups in total. The van der Waals surface area contributed by atoms with E-state index in [-0.39, 0.29) is 0 Å². The molecular weight excluding hydrogens is 270 g/mol. The molecule has 0 spiro atoms. The monoisotopic (exact) mass is 279 g/mol. The average molecular weight is 279 g/mol. The van der Waals surface area contributed by atoms with Gasteiger partial charge < -0.3 is 0 Å². The van der Waals surface area contributed by atoms with Gasteiger partial charge in [-0.3, -0.25) is 9.97 Å². The van der Waals surface area contributed by atoms with Crippen molar-refractivity contribution in [3.05, 3.63) is 52.6 Å². The number of imidazole rings is 1. The second-order valence-electron chi connectivity index (χ2n) is 4.71.